The van der Waals surface area contributed by atoms with Crippen molar-refractivity contribution in [2.75, 3.05) is 6.26 Å². The topological polar surface area (TPSA) is 66.4 Å². The summed E-state index contributed by atoms with van der Waals surface area (Å²) >= 11 is 0. The van der Waals surface area contributed by atoms with Crippen molar-refractivity contribution in [1.29, 1.82) is 0 Å². The Morgan fingerprint density at radius 3 is 2.47 bits per heavy atom. The Balaban J connectivity index is 3.44. The van der Waals surface area contributed by atoms with Gasteiger partial charge in [-0.3, -0.25) is 0 Å². The van der Waals surface area contributed by atoms with E-state index >= 15 is 0 Å². The van der Waals surface area contributed by atoms with Crippen LogP contribution in [0.15, 0.2) is 17.0 Å². The number of halogens is 2. The predicted molar refractivity (Wildman–Crippen MR) is 48.1 cm³/mol. The van der Waals surface area contributed by atoms with E-state index in [-0.39, 0.29) is 12.1 Å². The van der Waals surface area contributed by atoms with Crippen LogP contribution >= 0.6 is 0 Å². The highest BCUT2D eigenvalue weighted by atomic mass is 32.2. The fourth-order valence-corrected chi connectivity index (χ4v) is 2.01. The Morgan fingerprint density at radius 2 is 2.00 bits per heavy atom. The molecule has 0 bridgehead atoms. The number of hydrogen-bond acceptors (Lipinski definition) is 4. The van der Waals surface area contributed by atoms with Crippen LogP contribution in [-0.4, -0.2) is 19.9 Å². The Morgan fingerprint density at radius 1 is 1.40 bits per heavy atom. The third-order valence-electron chi connectivity index (χ3n) is 1.77. The van der Waals surface area contributed by atoms with E-state index in [4.69, 9.17) is 5.21 Å². The fourth-order valence-electron chi connectivity index (χ4n) is 1.13. The molecule has 0 amide bonds. The molecule has 15 heavy (non-hydrogen) atoms. The zero-order valence-electron chi connectivity index (χ0n) is 7.79. The minimum atomic E-state index is -3.96. The van der Waals surface area contributed by atoms with Crippen LogP contribution in [-0.2, 0) is 16.4 Å². The highest BCUT2D eigenvalue weighted by Crippen LogP contribution is 2.21. The molecular weight excluding hydrogens is 228 g/mol. The number of nitrogens with one attached hydrogen (secondary N) is 1. The molecule has 1 aromatic carbocycles. The van der Waals surface area contributed by atoms with Crippen LogP contribution in [0.5, 0.6) is 0 Å². The molecule has 2 N–H and O–H groups in total. The molecular formula is C8H9F2NO3S. The van der Waals surface area contributed by atoms with Crippen LogP contribution < -0.4 is 5.48 Å². The molecule has 7 heteroatoms. The second kappa shape index (κ2) is 4.21. The van der Waals surface area contributed by atoms with Crippen molar-refractivity contribution in [3.63, 3.8) is 0 Å². The third kappa shape index (κ3) is 2.49. The molecule has 0 aliphatic carbocycles. The Hall–Kier alpha value is -1.05. The molecule has 0 atom stereocenters. The molecule has 4 nitrogen and oxygen atoms in total. The monoisotopic (exact) mass is 237 g/mol. The predicted octanol–water partition coefficient (Wildman–Crippen LogP) is 0.847. The van der Waals surface area contributed by atoms with Crippen molar-refractivity contribution in [2.45, 2.75) is 11.4 Å². The molecule has 0 fully saturated rings. The van der Waals surface area contributed by atoms with Gasteiger partial charge >= 0.3 is 0 Å². The van der Waals surface area contributed by atoms with E-state index < -0.39 is 26.4 Å². The smallest absolute Gasteiger partial charge is 0.181 e. The molecule has 1 aromatic rings. The van der Waals surface area contributed by atoms with Crippen molar-refractivity contribution in [3.8, 4) is 0 Å². The first-order valence-electron chi connectivity index (χ1n) is 3.92. The van der Waals surface area contributed by atoms with Gasteiger partial charge in [0.1, 0.15) is 16.5 Å². The number of hydroxylamine groups is 1. The number of sulfone groups is 1. The van der Waals surface area contributed by atoms with Gasteiger partial charge in [0.25, 0.3) is 0 Å². The van der Waals surface area contributed by atoms with Crippen molar-refractivity contribution in [3.05, 3.63) is 29.3 Å². The van der Waals surface area contributed by atoms with Gasteiger partial charge in [-0.05, 0) is 6.07 Å². The first-order valence-corrected chi connectivity index (χ1v) is 5.81. The minimum absolute atomic E-state index is 0.126. The molecule has 84 valence electrons. The van der Waals surface area contributed by atoms with Gasteiger partial charge in [0.15, 0.2) is 9.84 Å². The van der Waals surface area contributed by atoms with Gasteiger partial charge in [0.05, 0.1) is 0 Å². The lowest BCUT2D eigenvalue weighted by Gasteiger charge is -2.07. The molecule has 0 heterocycles. The van der Waals surface area contributed by atoms with E-state index in [0.717, 1.165) is 12.1 Å². The summed E-state index contributed by atoms with van der Waals surface area (Å²) in [5, 5.41) is 8.35. The van der Waals surface area contributed by atoms with Crippen LogP contribution in [0.1, 0.15) is 5.56 Å². The maximum absolute atomic E-state index is 13.4. The number of hydrogen-bond donors (Lipinski definition) is 2. The standard InChI is InChI=1S/C8H9F2NO3S/c1-15(13,14)8-6(9)3-2-5(4-11-12)7(8)10/h2-3,11-12H,4H2,1H3. The van der Waals surface area contributed by atoms with Crippen LogP contribution in [0.4, 0.5) is 8.78 Å². The summed E-state index contributed by atoms with van der Waals surface area (Å²) in [5.74, 6) is -2.32. The van der Waals surface area contributed by atoms with E-state index in [1.807, 2.05) is 0 Å². The van der Waals surface area contributed by atoms with Crippen LogP contribution in [0, 0.1) is 11.6 Å². The highest BCUT2D eigenvalue weighted by molar-refractivity contribution is 7.90. The third-order valence-corrected chi connectivity index (χ3v) is 2.89. The van der Waals surface area contributed by atoms with Gasteiger partial charge < -0.3 is 5.21 Å². The largest absolute Gasteiger partial charge is 0.316 e. The Bertz CT molecular complexity index is 473. The van der Waals surface area contributed by atoms with E-state index in [9.17, 15) is 17.2 Å². The first kappa shape index (κ1) is 12.0. The van der Waals surface area contributed by atoms with Crippen molar-refractivity contribution in [2.24, 2.45) is 0 Å². The lowest BCUT2D eigenvalue weighted by molar-refractivity contribution is 0.159. The molecule has 0 saturated heterocycles. The lowest BCUT2D eigenvalue weighted by Crippen LogP contribution is -2.12. The zero-order valence-corrected chi connectivity index (χ0v) is 8.61. The molecule has 0 unspecified atom stereocenters. The second-order valence-corrected chi connectivity index (χ2v) is 4.91. The summed E-state index contributed by atoms with van der Waals surface area (Å²) in [6.07, 6.45) is 0.713. The van der Waals surface area contributed by atoms with Gasteiger partial charge in [-0.15, -0.1) is 0 Å². The van der Waals surface area contributed by atoms with E-state index in [1.165, 1.54) is 0 Å². The summed E-state index contributed by atoms with van der Waals surface area (Å²) in [4.78, 5) is -0.977. The summed E-state index contributed by atoms with van der Waals surface area (Å²) in [6, 6.07) is 1.90. The molecule has 0 aliphatic rings. The number of benzene rings is 1. The molecule has 0 aliphatic heterocycles. The summed E-state index contributed by atoms with van der Waals surface area (Å²) in [6.45, 7) is -0.297. The van der Waals surface area contributed by atoms with E-state index in [0.29, 0.717) is 6.26 Å². The average molecular weight is 237 g/mol. The van der Waals surface area contributed by atoms with Gasteiger partial charge in [0, 0.05) is 18.4 Å². The quantitative estimate of drug-likeness (QED) is 0.765. The van der Waals surface area contributed by atoms with E-state index in [2.05, 4.69) is 0 Å². The zero-order chi connectivity index (χ0) is 11.6. The number of rotatable bonds is 3. The van der Waals surface area contributed by atoms with E-state index in [1.54, 1.807) is 5.48 Å². The lowest BCUT2D eigenvalue weighted by atomic mass is 10.2. The van der Waals surface area contributed by atoms with Gasteiger partial charge in [-0.1, -0.05) is 6.07 Å². The molecule has 0 aromatic heterocycles. The van der Waals surface area contributed by atoms with Gasteiger partial charge in [0.2, 0.25) is 0 Å². The summed E-state index contributed by atoms with van der Waals surface area (Å²) < 4.78 is 48.6. The van der Waals surface area contributed by atoms with Crippen molar-refractivity contribution < 1.29 is 22.4 Å². The van der Waals surface area contributed by atoms with Gasteiger partial charge in [-0.2, -0.15) is 0 Å². The Labute approximate surface area is 85.4 Å². The Kier molecular flexibility index (Phi) is 3.38. The molecule has 0 saturated carbocycles. The van der Waals surface area contributed by atoms with Crippen LogP contribution in [0.2, 0.25) is 0 Å². The van der Waals surface area contributed by atoms with Crippen molar-refractivity contribution in [1.82, 2.24) is 5.48 Å². The second-order valence-electron chi connectivity index (χ2n) is 2.96. The summed E-state index contributed by atoms with van der Waals surface area (Å²) in [5.41, 5.74) is 1.54. The first-order chi connectivity index (χ1) is 6.88. The van der Waals surface area contributed by atoms with Gasteiger partial charge in [-0.25, -0.2) is 22.7 Å². The summed E-state index contributed by atoms with van der Waals surface area (Å²) in [7, 11) is -3.96. The van der Waals surface area contributed by atoms with Crippen molar-refractivity contribution >= 4 is 9.84 Å². The molecule has 1 rings (SSSR count). The average Bonchev–Trinajstić information content (AvgIpc) is 2.08. The SMILES string of the molecule is CS(=O)(=O)c1c(F)ccc(CNO)c1F. The maximum atomic E-state index is 13.4. The normalized spacial score (nSPS) is 11.7. The minimum Gasteiger partial charge on any atom is -0.316 e. The molecule has 0 radical (unpaired) electrons. The fraction of sp³-hybridized carbons (Fsp3) is 0.250. The maximum Gasteiger partial charge on any atom is 0.181 e. The highest BCUT2D eigenvalue weighted by Gasteiger charge is 2.21. The molecule has 0 spiro atoms. The van der Waals surface area contributed by atoms with Crippen LogP contribution in [0.3, 0.4) is 0 Å². The van der Waals surface area contributed by atoms with Crippen LogP contribution in [0.25, 0.3) is 0 Å².